The smallest absolute Gasteiger partial charge is 0.243 e. The summed E-state index contributed by atoms with van der Waals surface area (Å²) >= 11 is 5.83. The van der Waals surface area contributed by atoms with Crippen molar-refractivity contribution in [1.29, 1.82) is 0 Å². The van der Waals surface area contributed by atoms with Gasteiger partial charge in [-0.05, 0) is 12.1 Å². The van der Waals surface area contributed by atoms with E-state index in [0.717, 1.165) is 16.6 Å². The highest BCUT2D eigenvalue weighted by Crippen LogP contribution is 2.29. The second kappa shape index (κ2) is 4.00. The number of aliphatic hydroxyl groups is 1. The van der Waals surface area contributed by atoms with Crippen LogP contribution in [-0.2, 0) is 10.5 Å². The molecule has 16 heavy (non-hydrogen) atoms. The van der Waals surface area contributed by atoms with E-state index < -0.39 is 5.79 Å². The van der Waals surface area contributed by atoms with Crippen LogP contribution < -0.4 is 0 Å². The number of halogens is 1. The van der Waals surface area contributed by atoms with Gasteiger partial charge in [0.05, 0.1) is 20.7 Å². The van der Waals surface area contributed by atoms with Gasteiger partial charge in [-0.25, -0.2) is 0 Å². The van der Waals surface area contributed by atoms with E-state index in [-0.39, 0.29) is 0 Å². The van der Waals surface area contributed by atoms with Gasteiger partial charge >= 0.3 is 0 Å². The Balaban J connectivity index is 2.27. The topological polar surface area (TPSA) is 29.5 Å². The summed E-state index contributed by atoms with van der Waals surface area (Å²) in [5.74, 6) is -1.19. The van der Waals surface area contributed by atoms with Crippen LogP contribution in [0, 0.1) is 0 Å². The average molecular weight is 243 g/mol. The number of hydrogen-bond acceptors (Lipinski definition) is 2. The van der Waals surface area contributed by atoms with Gasteiger partial charge in [-0.3, -0.25) is 0 Å². The van der Waals surface area contributed by atoms with Crippen LogP contribution in [0.15, 0.2) is 24.3 Å². The van der Waals surface area contributed by atoms with Crippen LogP contribution in [0.2, 0.25) is 5.02 Å². The fraction of sp³-hybridized carbons (Fsp3) is 0.500. The van der Waals surface area contributed by atoms with E-state index in [1.807, 2.05) is 12.1 Å². The fourth-order valence-electron chi connectivity index (χ4n) is 2.05. The standard InChI is InChI=1S/C12H17ClNO2/c1-14(2)7-8-16-12(15,9-14)10-3-5-11(13)6-4-10/h3-6,15H,7-9H2,1-2H3/q+1/t12-/m1/s1. The molecule has 1 saturated heterocycles. The molecular weight excluding hydrogens is 226 g/mol. The van der Waals surface area contributed by atoms with Gasteiger partial charge < -0.3 is 14.3 Å². The molecule has 0 saturated carbocycles. The first-order valence-corrected chi connectivity index (χ1v) is 5.74. The number of nitrogens with zero attached hydrogens (tertiary/aromatic N) is 1. The highest BCUT2D eigenvalue weighted by molar-refractivity contribution is 6.30. The summed E-state index contributed by atoms with van der Waals surface area (Å²) in [4.78, 5) is 0. The van der Waals surface area contributed by atoms with Crippen molar-refractivity contribution >= 4 is 11.6 Å². The number of quaternary nitrogens is 1. The fourth-order valence-corrected chi connectivity index (χ4v) is 2.18. The zero-order valence-corrected chi connectivity index (χ0v) is 10.4. The molecular formula is C12H17ClNO2+. The Morgan fingerprint density at radius 3 is 2.50 bits per heavy atom. The number of rotatable bonds is 1. The van der Waals surface area contributed by atoms with Gasteiger partial charge in [-0.1, -0.05) is 23.7 Å². The maximum Gasteiger partial charge on any atom is 0.243 e. The molecule has 1 aromatic carbocycles. The summed E-state index contributed by atoms with van der Waals surface area (Å²) in [6, 6.07) is 7.17. The minimum atomic E-state index is -1.19. The summed E-state index contributed by atoms with van der Waals surface area (Å²) in [6.45, 7) is 2.02. The van der Waals surface area contributed by atoms with Gasteiger partial charge in [0, 0.05) is 10.6 Å². The van der Waals surface area contributed by atoms with Crippen molar-refractivity contribution in [3.05, 3.63) is 34.9 Å². The van der Waals surface area contributed by atoms with E-state index in [9.17, 15) is 5.11 Å². The molecule has 1 aliphatic rings. The predicted octanol–water partition coefficient (Wildman–Crippen LogP) is 1.59. The van der Waals surface area contributed by atoms with Gasteiger partial charge in [-0.15, -0.1) is 0 Å². The molecule has 4 heteroatoms. The lowest BCUT2D eigenvalue weighted by Gasteiger charge is -2.42. The highest BCUT2D eigenvalue weighted by atomic mass is 35.5. The Hall–Kier alpha value is -0.610. The molecule has 0 bridgehead atoms. The third-order valence-corrected chi connectivity index (χ3v) is 3.23. The minimum Gasteiger partial charge on any atom is -0.357 e. The summed E-state index contributed by atoms with van der Waals surface area (Å²) in [7, 11) is 4.17. The monoisotopic (exact) mass is 242 g/mol. The van der Waals surface area contributed by atoms with Crippen molar-refractivity contribution in [2.45, 2.75) is 5.79 Å². The van der Waals surface area contributed by atoms with Crippen LogP contribution in [0.25, 0.3) is 0 Å². The Morgan fingerprint density at radius 1 is 1.31 bits per heavy atom. The molecule has 1 aliphatic heterocycles. The maximum atomic E-state index is 10.5. The van der Waals surface area contributed by atoms with E-state index in [1.54, 1.807) is 12.1 Å². The van der Waals surface area contributed by atoms with E-state index in [1.165, 1.54) is 0 Å². The second-order valence-electron chi connectivity index (χ2n) is 4.96. The number of morpholine rings is 1. The van der Waals surface area contributed by atoms with E-state index in [0.29, 0.717) is 18.2 Å². The first-order valence-electron chi connectivity index (χ1n) is 5.36. The normalized spacial score (nSPS) is 29.0. The van der Waals surface area contributed by atoms with E-state index >= 15 is 0 Å². The molecule has 1 fully saturated rings. The Labute approximate surface area is 101 Å². The third kappa shape index (κ3) is 2.38. The molecule has 1 aromatic rings. The molecule has 0 unspecified atom stereocenters. The van der Waals surface area contributed by atoms with Crippen LogP contribution in [0.1, 0.15) is 5.56 Å². The van der Waals surface area contributed by atoms with Crippen molar-refractivity contribution in [3.63, 3.8) is 0 Å². The van der Waals surface area contributed by atoms with Gasteiger partial charge in [-0.2, -0.15) is 0 Å². The predicted molar refractivity (Wildman–Crippen MR) is 63.1 cm³/mol. The first-order chi connectivity index (χ1) is 7.41. The van der Waals surface area contributed by atoms with Crippen LogP contribution in [0.5, 0.6) is 0 Å². The van der Waals surface area contributed by atoms with Gasteiger partial charge in [0.2, 0.25) is 5.79 Å². The van der Waals surface area contributed by atoms with Crippen LogP contribution in [0.4, 0.5) is 0 Å². The Bertz CT molecular complexity index is 377. The molecule has 0 aromatic heterocycles. The van der Waals surface area contributed by atoms with Gasteiger partial charge in [0.25, 0.3) is 0 Å². The maximum absolute atomic E-state index is 10.5. The lowest BCUT2D eigenvalue weighted by Crippen LogP contribution is -2.57. The Kier molecular flexibility index (Phi) is 2.97. The third-order valence-electron chi connectivity index (χ3n) is 2.98. The molecule has 0 radical (unpaired) electrons. The highest BCUT2D eigenvalue weighted by Gasteiger charge is 2.42. The summed E-state index contributed by atoms with van der Waals surface area (Å²) in [5, 5.41) is 11.2. The van der Waals surface area contributed by atoms with Crippen LogP contribution >= 0.6 is 11.6 Å². The Morgan fingerprint density at radius 2 is 1.94 bits per heavy atom. The minimum absolute atomic E-state index is 0.550. The average Bonchev–Trinajstić information content (AvgIpc) is 2.16. The van der Waals surface area contributed by atoms with Crippen molar-refractivity contribution in [1.82, 2.24) is 0 Å². The van der Waals surface area contributed by atoms with E-state index in [4.69, 9.17) is 16.3 Å². The lowest BCUT2D eigenvalue weighted by atomic mass is 10.0. The quantitative estimate of drug-likeness (QED) is 0.758. The summed E-state index contributed by atoms with van der Waals surface area (Å²) < 4.78 is 6.27. The van der Waals surface area contributed by atoms with Gasteiger partial charge in [0.15, 0.2) is 0 Å². The molecule has 0 amide bonds. The van der Waals surface area contributed by atoms with Crippen molar-refractivity contribution in [3.8, 4) is 0 Å². The lowest BCUT2D eigenvalue weighted by molar-refractivity contribution is -0.912. The van der Waals surface area contributed by atoms with Crippen LogP contribution in [-0.4, -0.2) is 43.4 Å². The zero-order chi connectivity index (χ0) is 11.8. The van der Waals surface area contributed by atoms with E-state index in [2.05, 4.69) is 14.1 Å². The SMILES string of the molecule is C[N+]1(C)CCO[C@@](O)(c2ccc(Cl)cc2)C1. The van der Waals surface area contributed by atoms with Gasteiger partial charge in [0.1, 0.15) is 13.1 Å². The van der Waals surface area contributed by atoms with Crippen molar-refractivity contribution in [2.24, 2.45) is 0 Å². The van der Waals surface area contributed by atoms with Crippen LogP contribution in [0.3, 0.4) is 0 Å². The molecule has 88 valence electrons. The van der Waals surface area contributed by atoms with Crippen molar-refractivity contribution in [2.75, 3.05) is 33.8 Å². The molecule has 3 nitrogen and oxygen atoms in total. The molecule has 1 N–H and O–H groups in total. The molecule has 0 spiro atoms. The molecule has 1 atom stereocenters. The number of ether oxygens (including phenoxy) is 1. The number of benzene rings is 1. The number of hydrogen-bond donors (Lipinski definition) is 1. The summed E-state index contributed by atoms with van der Waals surface area (Å²) in [6.07, 6.45) is 0. The number of likely N-dealkylation sites (N-methyl/N-ethyl adjacent to an activating group) is 1. The van der Waals surface area contributed by atoms with Crippen molar-refractivity contribution < 1.29 is 14.3 Å². The summed E-state index contributed by atoms with van der Waals surface area (Å²) in [5.41, 5.74) is 0.766. The largest absolute Gasteiger partial charge is 0.357 e. The molecule has 1 heterocycles. The molecule has 0 aliphatic carbocycles. The second-order valence-corrected chi connectivity index (χ2v) is 5.39. The zero-order valence-electron chi connectivity index (χ0n) is 9.61. The molecule has 2 rings (SSSR count). The first kappa shape index (κ1) is 11.9.